The highest BCUT2D eigenvalue weighted by Crippen LogP contribution is 2.26. The van der Waals surface area contributed by atoms with Crippen LogP contribution in [0, 0.1) is 0 Å². The monoisotopic (exact) mass is 271 g/mol. The molecule has 0 aliphatic heterocycles. The zero-order valence-electron chi connectivity index (χ0n) is 11.8. The van der Waals surface area contributed by atoms with Gasteiger partial charge in [0.05, 0.1) is 18.9 Å². The lowest BCUT2D eigenvalue weighted by Crippen LogP contribution is -2.01. The van der Waals surface area contributed by atoms with Gasteiger partial charge in [0.1, 0.15) is 11.5 Å². The largest absolute Gasteiger partial charge is 0.493 e. The molecule has 3 heteroatoms. The highest BCUT2D eigenvalue weighted by molar-refractivity contribution is 5.55. The summed E-state index contributed by atoms with van der Waals surface area (Å²) in [4.78, 5) is 0. The molecule has 20 heavy (non-hydrogen) atoms. The molecule has 0 heterocycles. The van der Waals surface area contributed by atoms with Crippen LogP contribution in [0.5, 0.6) is 11.5 Å². The van der Waals surface area contributed by atoms with Crippen molar-refractivity contribution in [2.45, 2.75) is 19.8 Å². The van der Waals surface area contributed by atoms with Gasteiger partial charge in [0.25, 0.3) is 0 Å². The molecule has 0 aromatic heterocycles. The van der Waals surface area contributed by atoms with Crippen LogP contribution in [0.4, 0.5) is 5.69 Å². The molecule has 0 spiro atoms. The maximum absolute atomic E-state index is 5.83. The number of anilines is 1. The number of rotatable bonds is 7. The van der Waals surface area contributed by atoms with Crippen LogP contribution in [0.15, 0.2) is 48.5 Å². The van der Waals surface area contributed by atoms with Crippen molar-refractivity contribution in [2.75, 3.05) is 18.9 Å². The number of nitrogens with two attached hydrogens (primary N) is 1. The molecule has 0 aliphatic carbocycles. The number of hydrogen-bond donors (Lipinski definition) is 1. The zero-order chi connectivity index (χ0) is 14.2. The highest BCUT2D eigenvalue weighted by atomic mass is 16.5. The van der Waals surface area contributed by atoms with Crippen molar-refractivity contribution in [1.82, 2.24) is 0 Å². The van der Waals surface area contributed by atoms with E-state index < -0.39 is 0 Å². The molecule has 2 N–H and O–H groups in total. The minimum atomic E-state index is 0.599. The Kier molecular flexibility index (Phi) is 5.30. The fourth-order valence-corrected chi connectivity index (χ4v) is 2.00. The first-order valence-electron chi connectivity index (χ1n) is 6.98. The summed E-state index contributed by atoms with van der Waals surface area (Å²) in [6.07, 6.45) is 2.01. The van der Waals surface area contributed by atoms with E-state index in [-0.39, 0.29) is 0 Å². The maximum Gasteiger partial charge on any atom is 0.145 e. The van der Waals surface area contributed by atoms with Gasteiger partial charge >= 0.3 is 0 Å². The molecule has 0 atom stereocenters. The minimum absolute atomic E-state index is 0.599. The van der Waals surface area contributed by atoms with Gasteiger partial charge in [-0.25, -0.2) is 0 Å². The van der Waals surface area contributed by atoms with Crippen LogP contribution in [0.25, 0.3) is 0 Å². The summed E-state index contributed by atoms with van der Waals surface area (Å²) in [5.41, 5.74) is 7.80. The Hall–Kier alpha value is -2.16. The molecule has 2 aromatic carbocycles. The highest BCUT2D eigenvalue weighted by Gasteiger charge is 2.02. The fourth-order valence-electron chi connectivity index (χ4n) is 2.00. The van der Waals surface area contributed by atoms with Gasteiger partial charge in [-0.2, -0.15) is 0 Å². The van der Waals surface area contributed by atoms with E-state index in [0.29, 0.717) is 24.7 Å². The van der Waals surface area contributed by atoms with Gasteiger partial charge < -0.3 is 15.2 Å². The van der Waals surface area contributed by atoms with Gasteiger partial charge in [0, 0.05) is 6.07 Å². The van der Waals surface area contributed by atoms with E-state index in [1.54, 1.807) is 0 Å². The van der Waals surface area contributed by atoms with Crippen molar-refractivity contribution in [1.29, 1.82) is 0 Å². The van der Waals surface area contributed by atoms with Gasteiger partial charge in [-0.1, -0.05) is 30.3 Å². The predicted molar refractivity (Wildman–Crippen MR) is 82.3 cm³/mol. The summed E-state index contributed by atoms with van der Waals surface area (Å²) >= 11 is 0. The van der Waals surface area contributed by atoms with Crippen LogP contribution >= 0.6 is 0 Å². The van der Waals surface area contributed by atoms with E-state index >= 15 is 0 Å². The topological polar surface area (TPSA) is 44.5 Å². The molecule has 0 saturated heterocycles. The predicted octanol–water partition coefficient (Wildman–Crippen LogP) is 3.68. The lowest BCUT2D eigenvalue weighted by Gasteiger charge is -2.10. The van der Waals surface area contributed by atoms with E-state index in [0.717, 1.165) is 18.6 Å². The Morgan fingerprint density at radius 2 is 1.80 bits per heavy atom. The molecule has 0 bridgehead atoms. The molecule has 0 aliphatic rings. The van der Waals surface area contributed by atoms with E-state index in [1.165, 1.54) is 5.56 Å². The Balaban J connectivity index is 1.80. The molecule has 2 aromatic rings. The van der Waals surface area contributed by atoms with Crippen LogP contribution in [0.1, 0.15) is 18.9 Å². The summed E-state index contributed by atoms with van der Waals surface area (Å²) in [6, 6.07) is 16.0. The number of benzene rings is 2. The van der Waals surface area contributed by atoms with Crippen LogP contribution in [-0.2, 0) is 6.42 Å². The summed E-state index contributed by atoms with van der Waals surface area (Å²) < 4.78 is 11.2. The average Bonchev–Trinajstić information content (AvgIpc) is 2.48. The van der Waals surface area contributed by atoms with Crippen molar-refractivity contribution in [3.05, 3.63) is 54.1 Å². The first-order chi connectivity index (χ1) is 9.79. The van der Waals surface area contributed by atoms with Gasteiger partial charge in [0.2, 0.25) is 0 Å². The number of ether oxygens (including phenoxy) is 2. The van der Waals surface area contributed by atoms with Gasteiger partial charge in [-0.05, 0) is 37.5 Å². The second kappa shape index (κ2) is 7.43. The third-order valence-electron chi connectivity index (χ3n) is 3.01. The molecular formula is C17H21NO2. The molecular weight excluding hydrogens is 250 g/mol. The van der Waals surface area contributed by atoms with Gasteiger partial charge in [-0.3, -0.25) is 0 Å². The molecule has 0 saturated carbocycles. The third-order valence-corrected chi connectivity index (χ3v) is 3.01. The smallest absolute Gasteiger partial charge is 0.145 e. The van der Waals surface area contributed by atoms with E-state index in [2.05, 4.69) is 24.3 Å². The Morgan fingerprint density at radius 1 is 1.00 bits per heavy atom. The molecule has 2 rings (SSSR count). The fraction of sp³-hybridized carbons (Fsp3) is 0.294. The maximum atomic E-state index is 5.83. The quantitative estimate of drug-likeness (QED) is 0.617. The van der Waals surface area contributed by atoms with E-state index in [9.17, 15) is 0 Å². The van der Waals surface area contributed by atoms with Crippen molar-refractivity contribution >= 4 is 5.69 Å². The third kappa shape index (κ3) is 4.19. The molecule has 3 nitrogen and oxygen atoms in total. The van der Waals surface area contributed by atoms with Crippen molar-refractivity contribution in [3.63, 3.8) is 0 Å². The molecule has 0 unspecified atom stereocenters. The average molecular weight is 271 g/mol. The Bertz CT molecular complexity index is 526. The lowest BCUT2D eigenvalue weighted by atomic mass is 10.1. The van der Waals surface area contributed by atoms with Crippen LogP contribution < -0.4 is 15.2 Å². The van der Waals surface area contributed by atoms with Crippen molar-refractivity contribution in [2.24, 2.45) is 0 Å². The van der Waals surface area contributed by atoms with Crippen LogP contribution in [-0.4, -0.2) is 13.2 Å². The summed E-state index contributed by atoms with van der Waals surface area (Å²) in [7, 11) is 0. The van der Waals surface area contributed by atoms with E-state index in [1.807, 2.05) is 31.2 Å². The van der Waals surface area contributed by atoms with Crippen LogP contribution in [0.2, 0.25) is 0 Å². The van der Waals surface area contributed by atoms with Crippen molar-refractivity contribution < 1.29 is 9.47 Å². The molecule has 106 valence electrons. The molecule has 0 fully saturated rings. The van der Waals surface area contributed by atoms with Gasteiger partial charge in [0.15, 0.2) is 0 Å². The Labute approximate surface area is 120 Å². The number of aryl methyl sites for hydroxylation is 1. The Morgan fingerprint density at radius 3 is 2.55 bits per heavy atom. The lowest BCUT2D eigenvalue weighted by molar-refractivity contribution is 0.304. The summed E-state index contributed by atoms with van der Waals surface area (Å²) in [5.74, 6) is 1.49. The SMILES string of the molecule is CCOc1cc(OCCCc2ccccc2)ccc1N. The number of nitrogen functional groups attached to an aromatic ring is 1. The summed E-state index contributed by atoms with van der Waals surface area (Å²) in [5, 5.41) is 0. The first-order valence-corrected chi connectivity index (χ1v) is 6.98. The first kappa shape index (κ1) is 14.3. The van der Waals surface area contributed by atoms with E-state index in [4.69, 9.17) is 15.2 Å². The standard InChI is InChI=1S/C17H21NO2/c1-2-19-17-13-15(10-11-16(17)18)20-12-6-9-14-7-4-3-5-8-14/h3-5,7-8,10-11,13H,2,6,9,12,18H2,1H3. The summed E-state index contributed by atoms with van der Waals surface area (Å²) in [6.45, 7) is 3.22. The zero-order valence-corrected chi connectivity index (χ0v) is 11.8. The van der Waals surface area contributed by atoms with Crippen LogP contribution in [0.3, 0.4) is 0 Å². The second-order valence-corrected chi connectivity index (χ2v) is 4.57. The van der Waals surface area contributed by atoms with Crippen molar-refractivity contribution in [3.8, 4) is 11.5 Å². The normalized spacial score (nSPS) is 10.2. The number of hydrogen-bond acceptors (Lipinski definition) is 3. The molecule has 0 amide bonds. The minimum Gasteiger partial charge on any atom is -0.493 e. The second-order valence-electron chi connectivity index (χ2n) is 4.57. The van der Waals surface area contributed by atoms with Gasteiger partial charge in [-0.15, -0.1) is 0 Å². The molecule has 0 radical (unpaired) electrons.